The fourth-order valence-electron chi connectivity index (χ4n) is 3.61. The summed E-state index contributed by atoms with van der Waals surface area (Å²) in [4.78, 5) is 8.44. The number of fused-ring (bicyclic) bond motifs is 1. The number of aromatic nitrogens is 3. The topological polar surface area (TPSA) is 60.2 Å². The van der Waals surface area contributed by atoms with Gasteiger partial charge >= 0.3 is 0 Å². The van der Waals surface area contributed by atoms with E-state index in [0.717, 1.165) is 30.7 Å². The maximum absolute atomic E-state index is 10.5. The highest BCUT2D eigenvalue weighted by Crippen LogP contribution is 2.32. The Bertz CT molecular complexity index is 847. The van der Waals surface area contributed by atoms with Gasteiger partial charge in [0.05, 0.1) is 25.4 Å². The highest BCUT2D eigenvalue weighted by molar-refractivity contribution is 5.54. The number of hydrogen-bond donors (Lipinski definition) is 1. The molecule has 0 fully saturated rings. The van der Waals surface area contributed by atoms with Crippen LogP contribution in [0.15, 0.2) is 61.2 Å². The first-order valence-electron chi connectivity index (χ1n) is 9.10. The van der Waals surface area contributed by atoms with E-state index in [2.05, 4.69) is 34.2 Å². The first-order valence-corrected chi connectivity index (χ1v) is 9.10. The summed E-state index contributed by atoms with van der Waals surface area (Å²) in [5, 5.41) is 10.5. The lowest BCUT2D eigenvalue weighted by Crippen LogP contribution is -2.24. The Morgan fingerprint density at radius 2 is 2.00 bits per heavy atom. The van der Waals surface area contributed by atoms with Gasteiger partial charge < -0.3 is 14.4 Å². The van der Waals surface area contributed by atoms with E-state index in [1.54, 1.807) is 18.6 Å². The highest BCUT2D eigenvalue weighted by Gasteiger charge is 2.21. The zero-order chi connectivity index (χ0) is 17.8. The van der Waals surface area contributed by atoms with E-state index in [4.69, 9.17) is 4.74 Å². The predicted octanol–water partition coefficient (Wildman–Crippen LogP) is 3.40. The molecule has 0 saturated heterocycles. The Kier molecular flexibility index (Phi) is 5.09. The fraction of sp³-hybridized carbons (Fsp3) is 0.333. The normalized spacial score (nSPS) is 17.7. The lowest BCUT2D eigenvalue weighted by atomic mass is 9.89. The third-order valence-corrected chi connectivity index (χ3v) is 4.87. The van der Waals surface area contributed by atoms with Crippen LogP contribution in [0.3, 0.4) is 0 Å². The molecular weight excluding hydrogens is 326 g/mol. The van der Waals surface area contributed by atoms with Crippen LogP contribution in [0.4, 0.5) is 0 Å². The van der Waals surface area contributed by atoms with Crippen molar-refractivity contribution in [2.45, 2.75) is 38.0 Å². The van der Waals surface area contributed by atoms with Gasteiger partial charge in [-0.2, -0.15) is 0 Å². The Balaban J connectivity index is 1.39. The molecule has 0 unspecified atom stereocenters. The largest absolute Gasteiger partial charge is 0.389 e. The van der Waals surface area contributed by atoms with Crippen molar-refractivity contribution in [1.82, 2.24) is 14.5 Å². The minimum Gasteiger partial charge on any atom is -0.389 e. The van der Waals surface area contributed by atoms with Crippen LogP contribution in [-0.4, -0.2) is 32.4 Å². The molecule has 0 saturated carbocycles. The van der Waals surface area contributed by atoms with Crippen LogP contribution in [0.2, 0.25) is 0 Å². The summed E-state index contributed by atoms with van der Waals surface area (Å²) in [6, 6.07) is 12.3. The van der Waals surface area contributed by atoms with Crippen LogP contribution in [0.5, 0.6) is 0 Å². The van der Waals surface area contributed by atoms with Crippen molar-refractivity contribution in [3.63, 3.8) is 0 Å². The Hall–Kier alpha value is -2.50. The number of rotatable bonds is 6. The molecule has 0 bridgehead atoms. The van der Waals surface area contributed by atoms with Crippen LogP contribution < -0.4 is 0 Å². The second kappa shape index (κ2) is 7.81. The van der Waals surface area contributed by atoms with E-state index in [0.29, 0.717) is 13.2 Å². The summed E-state index contributed by atoms with van der Waals surface area (Å²) >= 11 is 0. The lowest BCUT2D eigenvalue weighted by molar-refractivity contribution is -0.0224. The second-order valence-corrected chi connectivity index (χ2v) is 6.71. The molecule has 26 heavy (non-hydrogen) atoms. The summed E-state index contributed by atoms with van der Waals surface area (Å²) in [5.74, 6) is 0.828. The van der Waals surface area contributed by atoms with Gasteiger partial charge in [0.25, 0.3) is 0 Å². The predicted molar refractivity (Wildman–Crippen MR) is 99.5 cm³/mol. The highest BCUT2D eigenvalue weighted by atomic mass is 16.5. The van der Waals surface area contributed by atoms with Gasteiger partial charge in [-0.15, -0.1) is 0 Å². The zero-order valence-corrected chi connectivity index (χ0v) is 14.7. The van der Waals surface area contributed by atoms with Gasteiger partial charge in [-0.05, 0) is 42.5 Å². The molecule has 134 valence electrons. The molecule has 2 heterocycles. The first kappa shape index (κ1) is 16.9. The summed E-state index contributed by atoms with van der Waals surface area (Å²) in [6.45, 7) is 0.763. The molecule has 0 radical (unpaired) electrons. The molecule has 0 amide bonds. The van der Waals surface area contributed by atoms with E-state index in [-0.39, 0.29) is 6.10 Å². The van der Waals surface area contributed by atoms with Crippen LogP contribution in [0.1, 0.15) is 30.1 Å². The van der Waals surface area contributed by atoms with Gasteiger partial charge in [-0.3, -0.25) is 4.98 Å². The molecule has 5 nitrogen and oxygen atoms in total. The SMILES string of the molecule is O[C@H](CO[C@@H]1CCCc2ccccc21)Cn1ccnc1-c1ccncc1. The molecule has 0 aliphatic heterocycles. The van der Waals surface area contributed by atoms with Gasteiger partial charge in [0.2, 0.25) is 0 Å². The van der Waals surface area contributed by atoms with Crippen LogP contribution in [-0.2, 0) is 17.7 Å². The summed E-state index contributed by atoms with van der Waals surface area (Å²) in [5.41, 5.74) is 3.62. The number of benzene rings is 1. The van der Waals surface area contributed by atoms with E-state index < -0.39 is 6.10 Å². The third-order valence-electron chi connectivity index (χ3n) is 4.87. The number of imidazole rings is 1. The van der Waals surface area contributed by atoms with Gasteiger partial charge in [0.1, 0.15) is 5.82 Å². The van der Waals surface area contributed by atoms with Gasteiger partial charge in [-0.1, -0.05) is 24.3 Å². The molecule has 1 aliphatic carbocycles. The van der Waals surface area contributed by atoms with Gasteiger partial charge in [-0.25, -0.2) is 4.98 Å². The molecule has 1 N–H and O–H groups in total. The zero-order valence-electron chi connectivity index (χ0n) is 14.7. The number of nitrogens with zero attached hydrogens (tertiary/aromatic N) is 3. The summed E-state index contributed by atoms with van der Waals surface area (Å²) in [6.07, 6.45) is 9.88. The molecule has 2 atom stereocenters. The molecule has 0 spiro atoms. The molecule has 5 heteroatoms. The van der Waals surface area contributed by atoms with Gasteiger partial charge in [0, 0.05) is 30.4 Å². The van der Waals surface area contributed by atoms with Crippen LogP contribution in [0, 0.1) is 0 Å². The Morgan fingerprint density at radius 1 is 1.15 bits per heavy atom. The van der Waals surface area contributed by atoms with Crippen molar-refractivity contribution in [2.75, 3.05) is 6.61 Å². The minimum absolute atomic E-state index is 0.0806. The molecule has 3 aromatic rings. The molecule has 1 aliphatic rings. The average Bonchev–Trinajstić information content (AvgIpc) is 3.15. The van der Waals surface area contributed by atoms with E-state index >= 15 is 0 Å². The van der Waals surface area contributed by atoms with Crippen molar-refractivity contribution in [3.8, 4) is 11.4 Å². The first-order chi connectivity index (χ1) is 12.8. The van der Waals surface area contributed by atoms with Crippen LogP contribution >= 0.6 is 0 Å². The maximum Gasteiger partial charge on any atom is 0.140 e. The number of aliphatic hydroxyl groups excluding tert-OH is 1. The van der Waals surface area contributed by atoms with E-state index in [9.17, 15) is 5.11 Å². The number of aryl methyl sites for hydroxylation is 1. The van der Waals surface area contributed by atoms with E-state index in [1.807, 2.05) is 22.9 Å². The Morgan fingerprint density at radius 3 is 2.88 bits per heavy atom. The standard InChI is InChI=1S/C21H23N3O2/c25-18(14-24-13-12-23-21(24)17-8-10-22-11-9-17)15-26-20-7-3-5-16-4-1-2-6-19(16)20/h1-2,4,6,8-13,18,20,25H,3,5,7,14-15H2/t18-,20+/m0/s1. The third kappa shape index (κ3) is 3.69. The Labute approximate surface area is 153 Å². The number of ether oxygens (including phenoxy) is 1. The monoisotopic (exact) mass is 349 g/mol. The average molecular weight is 349 g/mol. The van der Waals surface area contributed by atoms with Crippen molar-refractivity contribution in [2.24, 2.45) is 0 Å². The van der Waals surface area contributed by atoms with Gasteiger partial charge in [0.15, 0.2) is 0 Å². The summed E-state index contributed by atoms with van der Waals surface area (Å²) < 4.78 is 8.03. The number of aliphatic hydroxyl groups is 1. The lowest BCUT2D eigenvalue weighted by Gasteiger charge is -2.26. The molecule has 2 aromatic heterocycles. The molecule has 4 rings (SSSR count). The fourth-order valence-corrected chi connectivity index (χ4v) is 3.61. The smallest absolute Gasteiger partial charge is 0.140 e. The van der Waals surface area contributed by atoms with Crippen molar-refractivity contribution in [1.29, 1.82) is 0 Å². The van der Waals surface area contributed by atoms with Crippen molar-refractivity contribution >= 4 is 0 Å². The molecular formula is C21H23N3O2. The second-order valence-electron chi connectivity index (χ2n) is 6.71. The van der Waals surface area contributed by atoms with Crippen molar-refractivity contribution < 1.29 is 9.84 Å². The van der Waals surface area contributed by atoms with E-state index in [1.165, 1.54) is 11.1 Å². The summed E-state index contributed by atoms with van der Waals surface area (Å²) in [7, 11) is 0. The number of pyridine rings is 1. The maximum atomic E-state index is 10.5. The quantitative estimate of drug-likeness (QED) is 0.741. The van der Waals surface area contributed by atoms with Crippen LogP contribution in [0.25, 0.3) is 11.4 Å². The number of hydrogen-bond acceptors (Lipinski definition) is 4. The van der Waals surface area contributed by atoms with Crippen molar-refractivity contribution in [3.05, 3.63) is 72.3 Å². The molecule has 1 aromatic carbocycles. The minimum atomic E-state index is -0.584.